The molecular formula is C15H17N3O. The molecule has 1 aliphatic carbocycles. The van der Waals surface area contributed by atoms with E-state index in [1.165, 1.54) is 0 Å². The van der Waals surface area contributed by atoms with Gasteiger partial charge in [0.05, 0.1) is 12.0 Å². The Morgan fingerprint density at radius 3 is 2.89 bits per heavy atom. The van der Waals surface area contributed by atoms with Crippen LogP contribution in [-0.4, -0.2) is 12.6 Å². The minimum atomic E-state index is 0.0568. The first-order valence-electron chi connectivity index (χ1n) is 6.56. The van der Waals surface area contributed by atoms with Gasteiger partial charge in [-0.25, -0.2) is 0 Å². The summed E-state index contributed by atoms with van der Waals surface area (Å²) in [7, 11) is 0. The summed E-state index contributed by atoms with van der Waals surface area (Å²) in [4.78, 5) is 0. The van der Waals surface area contributed by atoms with Crippen LogP contribution in [0, 0.1) is 28.6 Å². The SMILES string of the molecule is N#CCOc1ccccc1CNC1CCCC1C#N. The van der Waals surface area contributed by atoms with Crippen LogP contribution in [0.25, 0.3) is 0 Å². The molecule has 4 nitrogen and oxygen atoms in total. The van der Waals surface area contributed by atoms with E-state index in [1.807, 2.05) is 30.3 Å². The number of para-hydroxylation sites is 1. The molecule has 0 saturated heterocycles. The fourth-order valence-electron chi connectivity index (χ4n) is 2.50. The van der Waals surface area contributed by atoms with E-state index < -0.39 is 0 Å². The Morgan fingerprint density at radius 1 is 1.26 bits per heavy atom. The maximum atomic E-state index is 9.05. The van der Waals surface area contributed by atoms with Gasteiger partial charge in [0, 0.05) is 18.2 Å². The summed E-state index contributed by atoms with van der Waals surface area (Å²) in [6, 6.07) is 12.3. The van der Waals surface area contributed by atoms with Crippen LogP contribution < -0.4 is 10.1 Å². The lowest BCUT2D eigenvalue weighted by atomic mass is 10.1. The van der Waals surface area contributed by atoms with Crippen molar-refractivity contribution in [1.82, 2.24) is 5.32 Å². The predicted octanol–water partition coefficient (Wildman–Crippen LogP) is 2.37. The summed E-state index contributed by atoms with van der Waals surface area (Å²) in [5.74, 6) is 0.857. The summed E-state index contributed by atoms with van der Waals surface area (Å²) in [6.45, 7) is 0.728. The second-order valence-corrected chi connectivity index (χ2v) is 4.71. The van der Waals surface area contributed by atoms with Crippen LogP contribution in [0.3, 0.4) is 0 Å². The molecule has 0 heterocycles. The van der Waals surface area contributed by atoms with Gasteiger partial charge >= 0.3 is 0 Å². The number of nitriles is 2. The number of ether oxygens (including phenoxy) is 1. The standard InChI is InChI=1S/C15H17N3O/c16-8-9-19-15-7-2-1-4-13(15)11-18-14-6-3-5-12(14)10-17/h1-2,4,7,12,14,18H,3,5-6,9,11H2. The minimum Gasteiger partial charge on any atom is -0.478 e. The number of hydrogen-bond acceptors (Lipinski definition) is 4. The van der Waals surface area contributed by atoms with Crippen molar-refractivity contribution in [2.75, 3.05) is 6.61 Å². The highest BCUT2D eigenvalue weighted by Gasteiger charge is 2.26. The van der Waals surface area contributed by atoms with Gasteiger partial charge in [0.15, 0.2) is 6.61 Å². The predicted molar refractivity (Wildman–Crippen MR) is 71.1 cm³/mol. The van der Waals surface area contributed by atoms with Crippen LogP contribution in [0.1, 0.15) is 24.8 Å². The molecule has 0 spiro atoms. The molecule has 0 radical (unpaired) electrons. The highest BCUT2D eigenvalue weighted by Crippen LogP contribution is 2.26. The summed E-state index contributed by atoms with van der Waals surface area (Å²) in [6.07, 6.45) is 3.16. The molecule has 0 aliphatic heterocycles. The molecule has 98 valence electrons. The second kappa shape index (κ2) is 6.78. The van der Waals surface area contributed by atoms with E-state index in [0.717, 1.165) is 30.6 Å². The van der Waals surface area contributed by atoms with E-state index in [0.29, 0.717) is 6.54 Å². The minimum absolute atomic E-state index is 0.0568. The van der Waals surface area contributed by atoms with Gasteiger partial charge in [-0.15, -0.1) is 0 Å². The quantitative estimate of drug-likeness (QED) is 0.877. The van der Waals surface area contributed by atoms with Gasteiger partial charge in [-0.2, -0.15) is 10.5 Å². The maximum Gasteiger partial charge on any atom is 0.174 e. The van der Waals surface area contributed by atoms with Crippen molar-refractivity contribution in [3.63, 3.8) is 0 Å². The largest absolute Gasteiger partial charge is 0.478 e. The molecule has 1 N–H and O–H groups in total. The third-order valence-electron chi connectivity index (χ3n) is 3.50. The molecule has 2 atom stereocenters. The van der Waals surface area contributed by atoms with Crippen molar-refractivity contribution < 1.29 is 4.74 Å². The smallest absolute Gasteiger partial charge is 0.174 e. The van der Waals surface area contributed by atoms with Crippen LogP contribution in [0.15, 0.2) is 24.3 Å². The number of hydrogen-bond donors (Lipinski definition) is 1. The maximum absolute atomic E-state index is 9.05. The molecule has 19 heavy (non-hydrogen) atoms. The molecule has 4 heteroatoms. The fourth-order valence-corrected chi connectivity index (χ4v) is 2.50. The van der Waals surface area contributed by atoms with Crippen molar-refractivity contribution >= 4 is 0 Å². The van der Waals surface area contributed by atoms with Crippen molar-refractivity contribution in [3.8, 4) is 17.9 Å². The average molecular weight is 255 g/mol. The van der Waals surface area contributed by atoms with E-state index in [9.17, 15) is 0 Å². The van der Waals surface area contributed by atoms with E-state index in [-0.39, 0.29) is 18.6 Å². The molecule has 0 aromatic heterocycles. The molecule has 0 bridgehead atoms. The van der Waals surface area contributed by atoms with Gasteiger partial charge in [0.25, 0.3) is 0 Å². The van der Waals surface area contributed by atoms with Gasteiger partial charge < -0.3 is 10.1 Å². The second-order valence-electron chi connectivity index (χ2n) is 4.71. The molecule has 1 saturated carbocycles. The first-order valence-corrected chi connectivity index (χ1v) is 6.56. The number of rotatable bonds is 5. The zero-order valence-electron chi connectivity index (χ0n) is 10.8. The number of nitrogens with zero attached hydrogens (tertiary/aromatic N) is 2. The van der Waals surface area contributed by atoms with Crippen molar-refractivity contribution in [3.05, 3.63) is 29.8 Å². The fraction of sp³-hybridized carbons (Fsp3) is 0.467. The Hall–Kier alpha value is -2.04. The number of benzene rings is 1. The lowest BCUT2D eigenvalue weighted by Gasteiger charge is -2.17. The van der Waals surface area contributed by atoms with Crippen LogP contribution in [0.4, 0.5) is 0 Å². The Kier molecular flexibility index (Phi) is 4.78. The van der Waals surface area contributed by atoms with E-state index in [2.05, 4.69) is 11.4 Å². The van der Waals surface area contributed by atoms with Crippen LogP contribution in [-0.2, 0) is 6.54 Å². The Bertz CT molecular complexity index is 501. The average Bonchev–Trinajstić information content (AvgIpc) is 2.91. The molecule has 1 aliphatic rings. The Balaban J connectivity index is 1.96. The lowest BCUT2D eigenvalue weighted by Crippen LogP contribution is -2.31. The molecule has 1 aromatic carbocycles. The van der Waals surface area contributed by atoms with Crippen LogP contribution in [0.5, 0.6) is 5.75 Å². The van der Waals surface area contributed by atoms with Gasteiger partial charge in [-0.3, -0.25) is 0 Å². The van der Waals surface area contributed by atoms with Gasteiger partial charge in [0.2, 0.25) is 0 Å². The first-order chi connectivity index (χ1) is 9.35. The van der Waals surface area contributed by atoms with Gasteiger partial charge in [-0.1, -0.05) is 24.6 Å². The Labute approximate surface area is 113 Å². The zero-order valence-corrected chi connectivity index (χ0v) is 10.8. The third kappa shape index (κ3) is 3.47. The first kappa shape index (κ1) is 13.4. The van der Waals surface area contributed by atoms with E-state index in [4.69, 9.17) is 15.3 Å². The summed E-state index contributed by atoms with van der Waals surface area (Å²) >= 11 is 0. The van der Waals surface area contributed by atoms with E-state index in [1.54, 1.807) is 0 Å². The topological polar surface area (TPSA) is 68.8 Å². The zero-order chi connectivity index (χ0) is 13.5. The van der Waals surface area contributed by atoms with Crippen LogP contribution in [0.2, 0.25) is 0 Å². The summed E-state index contributed by atoms with van der Waals surface area (Å²) in [5, 5.41) is 21.0. The molecule has 0 amide bonds. The molecule has 2 rings (SSSR count). The Morgan fingerprint density at radius 2 is 2.11 bits per heavy atom. The molecular weight excluding hydrogens is 238 g/mol. The molecule has 2 unspecified atom stereocenters. The molecule has 1 fully saturated rings. The van der Waals surface area contributed by atoms with Crippen molar-refractivity contribution in [1.29, 1.82) is 10.5 Å². The number of nitrogens with one attached hydrogen (secondary N) is 1. The normalized spacial score (nSPS) is 21.6. The van der Waals surface area contributed by atoms with Crippen molar-refractivity contribution in [2.45, 2.75) is 31.8 Å². The van der Waals surface area contributed by atoms with E-state index >= 15 is 0 Å². The van der Waals surface area contributed by atoms with Gasteiger partial charge in [0.1, 0.15) is 11.8 Å². The summed E-state index contributed by atoms with van der Waals surface area (Å²) < 4.78 is 5.39. The third-order valence-corrected chi connectivity index (χ3v) is 3.50. The van der Waals surface area contributed by atoms with Crippen molar-refractivity contribution in [2.24, 2.45) is 5.92 Å². The molecule has 1 aromatic rings. The summed E-state index contributed by atoms with van der Waals surface area (Å²) in [5.41, 5.74) is 1.03. The highest BCUT2D eigenvalue weighted by atomic mass is 16.5. The monoisotopic (exact) mass is 255 g/mol. The van der Waals surface area contributed by atoms with Gasteiger partial charge in [-0.05, 0) is 18.9 Å². The lowest BCUT2D eigenvalue weighted by molar-refractivity contribution is 0.360. The highest BCUT2D eigenvalue weighted by molar-refractivity contribution is 5.33. The van der Waals surface area contributed by atoms with Crippen LogP contribution >= 0.6 is 0 Å².